The van der Waals surface area contributed by atoms with Gasteiger partial charge in [0.15, 0.2) is 0 Å². The number of ether oxygens (including phenoxy) is 1. The van der Waals surface area contributed by atoms with E-state index in [0.717, 1.165) is 22.8 Å². The lowest BCUT2D eigenvalue weighted by molar-refractivity contribution is -0.137. The van der Waals surface area contributed by atoms with Gasteiger partial charge in [-0.1, -0.05) is 42.0 Å². The van der Waals surface area contributed by atoms with Gasteiger partial charge >= 0.3 is 6.18 Å². The molecule has 7 heteroatoms. The third kappa shape index (κ3) is 4.83. The molecule has 34 heavy (non-hydrogen) atoms. The highest BCUT2D eigenvalue weighted by Crippen LogP contribution is 2.35. The second kappa shape index (κ2) is 9.09. The Balaban J connectivity index is 1.81. The number of hydrogen-bond acceptors (Lipinski definition) is 3. The number of anilines is 1. The highest BCUT2D eigenvalue weighted by Gasteiger charge is 2.35. The van der Waals surface area contributed by atoms with E-state index in [2.05, 4.69) is 0 Å². The van der Waals surface area contributed by atoms with Crippen LogP contribution >= 0.6 is 0 Å². The molecule has 4 aromatic rings. The van der Waals surface area contributed by atoms with E-state index in [1.165, 1.54) is 4.57 Å². The summed E-state index contributed by atoms with van der Waals surface area (Å²) in [5.41, 5.74) is 6.19. The van der Waals surface area contributed by atoms with Crippen molar-refractivity contribution in [3.63, 3.8) is 0 Å². The molecule has 0 spiro atoms. The zero-order valence-corrected chi connectivity index (χ0v) is 18.7. The molecule has 1 heterocycles. The van der Waals surface area contributed by atoms with Crippen molar-refractivity contribution in [3.8, 4) is 22.8 Å². The van der Waals surface area contributed by atoms with Crippen LogP contribution in [0.2, 0.25) is 0 Å². The summed E-state index contributed by atoms with van der Waals surface area (Å²) in [7, 11) is 0. The lowest BCUT2D eigenvalue weighted by Gasteiger charge is -2.19. The first-order valence-corrected chi connectivity index (χ1v) is 10.6. The summed E-state index contributed by atoms with van der Waals surface area (Å²) in [4.78, 5) is 13.0. The highest BCUT2D eigenvalue weighted by molar-refractivity contribution is 5.65. The molecule has 174 valence electrons. The Kier molecular flexibility index (Phi) is 6.20. The van der Waals surface area contributed by atoms with E-state index in [1.807, 2.05) is 50.2 Å². The van der Waals surface area contributed by atoms with Crippen LogP contribution in [0.15, 0.2) is 83.7 Å². The molecule has 3 aromatic carbocycles. The van der Waals surface area contributed by atoms with Gasteiger partial charge in [-0.3, -0.25) is 4.79 Å². The standard InChI is InChI=1S/C27H23F3N2O2/c1-17-8-9-20(18(2)14-17)16-32-24(15-23(27(28,29)30)25(31)26(32)33)19-10-12-22(13-11-19)34-21-6-4-3-5-7-21/h3-15H,16,31H2,1-2H3. The maximum atomic E-state index is 13.6. The van der Waals surface area contributed by atoms with Crippen molar-refractivity contribution in [2.45, 2.75) is 26.6 Å². The Morgan fingerprint density at radius 3 is 2.15 bits per heavy atom. The lowest BCUT2D eigenvalue weighted by atomic mass is 10.0. The first kappa shape index (κ1) is 23.2. The van der Waals surface area contributed by atoms with Crippen molar-refractivity contribution in [1.82, 2.24) is 4.57 Å². The van der Waals surface area contributed by atoms with Crippen molar-refractivity contribution in [3.05, 3.63) is 111 Å². The summed E-state index contributed by atoms with van der Waals surface area (Å²) in [6.45, 7) is 3.94. The maximum absolute atomic E-state index is 13.6. The Labute approximate surface area is 195 Å². The van der Waals surface area contributed by atoms with E-state index in [0.29, 0.717) is 17.1 Å². The predicted octanol–water partition coefficient (Wildman–Crippen LogP) is 6.57. The summed E-state index contributed by atoms with van der Waals surface area (Å²) in [6, 6.07) is 22.4. The average molecular weight is 464 g/mol. The minimum atomic E-state index is -4.76. The third-order valence-electron chi connectivity index (χ3n) is 5.60. The molecular formula is C27H23F3N2O2. The van der Waals surface area contributed by atoms with E-state index in [-0.39, 0.29) is 12.2 Å². The molecule has 0 fully saturated rings. The second-order valence-corrected chi connectivity index (χ2v) is 8.12. The second-order valence-electron chi connectivity index (χ2n) is 8.12. The molecule has 2 N–H and O–H groups in total. The van der Waals surface area contributed by atoms with Crippen LogP contribution in [-0.4, -0.2) is 4.57 Å². The van der Waals surface area contributed by atoms with Crippen LogP contribution in [0, 0.1) is 13.8 Å². The molecule has 0 bridgehead atoms. The van der Waals surface area contributed by atoms with Crippen molar-refractivity contribution in [2.75, 3.05) is 5.73 Å². The summed E-state index contributed by atoms with van der Waals surface area (Å²) >= 11 is 0. The molecule has 0 aliphatic rings. The Hall–Kier alpha value is -4.00. The molecule has 0 radical (unpaired) electrons. The van der Waals surface area contributed by atoms with Crippen LogP contribution in [0.5, 0.6) is 11.5 Å². The van der Waals surface area contributed by atoms with Gasteiger partial charge in [-0.2, -0.15) is 13.2 Å². The molecule has 0 saturated carbocycles. The fraction of sp³-hybridized carbons (Fsp3) is 0.148. The number of aryl methyl sites for hydroxylation is 2. The van der Waals surface area contributed by atoms with E-state index >= 15 is 0 Å². The minimum absolute atomic E-state index is 0.0882. The first-order valence-electron chi connectivity index (χ1n) is 10.6. The summed E-state index contributed by atoms with van der Waals surface area (Å²) in [5, 5.41) is 0. The van der Waals surface area contributed by atoms with Crippen LogP contribution in [-0.2, 0) is 12.7 Å². The highest BCUT2D eigenvalue weighted by atomic mass is 19.4. The number of benzene rings is 3. The number of pyridine rings is 1. The molecule has 0 aliphatic heterocycles. The topological polar surface area (TPSA) is 57.2 Å². The van der Waals surface area contributed by atoms with Gasteiger partial charge in [0, 0.05) is 0 Å². The van der Waals surface area contributed by atoms with Gasteiger partial charge in [-0.15, -0.1) is 0 Å². The molecule has 0 aliphatic carbocycles. The monoisotopic (exact) mass is 464 g/mol. The van der Waals surface area contributed by atoms with Gasteiger partial charge in [0.05, 0.1) is 17.8 Å². The molecule has 1 aromatic heterocycles. The normalized spacial score (nSPS) is 11.4. The molecule has 0 saturated heterocycles. The average Bonchev–Trinajstić information content (AvgIpc) is 2.79. The number of alkyl halides is 3. The van der Waals surface area contributed by atoms with Crippen LogP contribution in [0.4, 0.5) is 18.9 Å². The zero-order chi connectivity index (χ0) is 24.5. The molecule has 0 atom stereocenters. The number of halogens is 3. The van der Waals surface area contributed by atoms with Crippen LogP contribution in [0.3, 0.4) is 0 Å². The van der Waals surface area contributed by atoms with E-state index < -0.39 is 23.0 Å². The van der Waals surface area contributed by atoms with Crippen LogP contribution in [0.25, 0.3) is 11.3 Å². The van der Waals surface area contributed by atoms with Crippen molar-refractivity contribution in [2.24, 2.45) is 0 Å². The van der Waals surface area contributed by atoms with E-state index in [4.69, 9.17) is 10.5 Å². The van der Waals surface area contributed by atoms with Gasteiger partial charge in [-0.25, -0.2) is 0 Å². The number of para-hydroxylation sites is 1. The van der Waals surface area contributed by atoms with Crippen molar-refractivity contribution < 1.29 is 17.9 Å². The summed E-state index contributed by atoms with van der Waals surface area (Å²) in [5.74, 6) is 1.15. The number of hydrogen-bond donors (Lipinski definition) is 1. The van der Waals surface area contributed by atoms with Gasteiger partial charge in [0.2, 0.25) is 0 Å². The largest absolute Gasteiger partial charge is 0.457 e. The molecule has 4 nitrogen and oxygen atoms in total. The minimum Gasteiger partial charge on any atom is -0.457 e. The Morgan fingerprint density at radius 2 is 1.53 bits per heavy atom. The number of nitrogen functional groups attached to an aromatic ring is 1. The maximum Gasteiger partial charge on any atom is 0.418 e. The number of nitrogens with two attached hydrogens (primary N) is 1. The third-order valence-corrected chi connectivity index (χ3v) is 5.60. The lowest BCUT2D eigenvalue weighted by Crippen LogP contribution is -2.29. The molecule has 4 rings (SSSR count). The fourth-order valence-corrected chi connectivity index (χ4v) is 3.80. The van der Waals surface area contributed by atoms with E-state index in [1.54, 1.807) is 36.4 Å². The smallest absolute Gasteiger partial charge is 0.418 e. The van der Waals surface area contributed by atoms with Crippen LogP contribution < -0.4 is 16.0 Å². The van der Waals surface area contributed by atoms with Crippen LogP contribution in [0.1, 0.15) is 22.3 Å². The summed E-state index contributed by atoms with van der Waals surface area (Å²) < 4.78 is 48.0. The summed E-state index contributed by atoms with van der Waals surface area (Å²) in [6.07, 6.45) is -4.76. The molecular weight excluding hydrogens is 441 g/mol. The molecule has 0 amide bonds. The van der Waals surface area contributed by atoms with Crippen molar-refractivity contribution in [1.29, 1.82) is 0 Å². The van der Waals surface area contributed by atoms with Gasteiger partial charge in [-0.05, 0) is 73.0 Å². The molecule has 0 unspecified atom stereocenters. The van der Waals surface area contributed by atoms with Crippen molar-refractivity contribution >= 4 is 5.69 Å². The predicted molar refractivity (Wildman–Crippen MR) is 127 cm³/mol. The van der Waals surface area contributed by atoms with Gasteiger partial charge in [0.1, 0.15) is 17.2 Å². The Bertz CT molecular complexity index is 1380. The van der Waals surface area contributed by atoms with E-state index in [9.17, 15) is 18.0 Å². The quantitative estimate of drug-likeness (QED) is 0.363. The fourth-order valence-electron chi connectivity index (χ4n) is 3.80. The number of aromatic nitrogens is 1. The van der Waals surface area contributed by atoms with Gasteiger partial charge < -0.3 is 15.0 Å². The SMILES string of the molecule is Cc1ccc(Cn2c(-c3ccc(Oc4ccccc4)cc3)cc(C(F)(F)F)c(N)c2=O)c(C)c1. The zero-order valence-electron chi connectivity index (χ0n) is 18.7. The number of rotatable bonds is 5. The first-order chi connectivity index (χ1) is 16.1. The number of nitrogens with zero attached hydrogens (tertiary/aromatic N) is 1. The van der Waals surface area contributed by atoms with Gasteiger partial charge in [0.25, 0.3) is 5.56 Å². The Morgan fingerprint density at radius 1 is 0.882 bits per heavy atom.